The zero-order chi connectivity index (χ0) is 15.2. The van der Waals surface area contributed by atoms with Gasteiger partial charge in [0, 0.05) is 31.9 Å². The number of amides is 2. The maximum Gasteiger partial charge on any atom is 0.246 e. The maximum absolute atomic E-state index is 12.7. The van der Waals surface area contributed by atoms with E-state index in [4.69, 9.17) is 0 Å². The van der Waals surface area contributed by atoms with E-state index < -0.39 is 5.54 Å². The summed E-state index contributed by atoms with van der Waals surface area (Å²) < 4.78 is 1.81. The molecular formula is C15H22N4O2. The minimum Gasteiger partial charge on any atom is -0.342 e. The first-order valence-corrected chi connectivity index (χ1v) is 7.50. The second-order valence-corrected chi connectivity index (χ2v) is 6.53. The Labute approximate surface area is 124 Å². The fourth-order valence-corrected chi connectivity index (χ4v) is 2.96. The molecule has 1 aromatic heterocycles. The highest BCUT2D eigenvalue weighted by Crippen LogP contribution is 2.36. The van der Waals surface area contributed by atoms with Crippen LogP contribution >= 0.6 is 0 Å². The molecule has 1 atom stereocenters. The van der Waals surface area contributed by atoms with Crippen LogP contribution in [0.15, 0.2) is 12.3 Å². The molecular weight excluding hydrogens is 268 g/mol. The van der Waals surface area contributed by atoms with Gasteiger partial charge in [0.1, 0.15) is 11.6 Å². The Bertz CT molecular complexity index is 574. The van der Waals surface area contributed by atoms with Crippen LogP contribution in [-0.4, -0.2) is 44.6 Å². The molecule has 6 nitrogen and oxygen atoms in total. The molecule has 2 heterocycles. The summed E-state index contributed by atoms with van der Waals surface area (Å²) in [4.78, 5) is 26.8. The first-order valence-electron chi connectivity index (χ1n) is 7.50. The number of carbonyl (C=O) groups excluding carboxylic acids is 2. The number of hydrogen-bond acceptors (Lipinski definition) is 3. The number of rotatable bonds is 4. The Morgan fingerprint density at radius 2 is 2.10 bits per heavy atom. The maximum atomic E-state index is 12.7. The monoisotopic (exact) mass is 290 g/mol. The number of aromatic nitrogens is 2. The van der Waals surface area contributed by atoms with E-state index in [1.807, 2.05) is 27.0 Å². The standard InChI is InChI=1S/C15H22N4O2/c1-15(2)14(21)17-12(10-4-5-10)13(20)19(15)9-7-11-6-8-16-18(11)3/h6,8,10,12H,4-5,7,9H2,1-3H3,(H,17,21). The van der Waals surface area contributed by atoms with Crippen LogP contribution in [0.3, 0.4) is 0 Å². The van der Waals surface area contributed by atoms with Crippen LogP contribution < -0.4 is 5.32 Å². The quantitative estimate of drug-likeness (QED) is 0.877. The molecule has 3 rings (SSSR count). The molecule has 1 N–H and O–H groups in total. The minimum atomic E-state index is -0.791. The van der Waals surface area contributed by atoms with Crippen LogP contribution in [0.5, 0.6) is 0 Å². The molecule has 1 unspecified atom stereocenters. The van der Waals surface area contributed by atoms with Crippen molar-refractivity contribution in [3.05, 3.63) is 18.0 Å². The summed E-state index contributed by atoms with van der Waals surface area (Å²) in [7, 11) is 1.89. The molecule has 2 fully saturated rings. The van der Waals surface area contributed by atoms with Gasteiger partial charge >= 0.3 is 0 Å². The van der Waals surface area contributed by atoms with Gasteiger partial charge in [-0.2, -0.15) is 5.10 Å². The molecule has 2 amide bonds. The predicted octanol–water partition coefficient (Wildman–Crippen LogP) is 0.478. The van der Waals surface area contributed by atoms with Crippen molar-refractivity contribution in [1.82, 2.24) is 20.0 Å². The highest BCUT2D eigenvalue weighted by atomic mass is 16.2. The molecule has 2 aliphatic rings. The van der Waals surface area contributed by atoms with Crippen molar-refractivity contribution in [1.29, 1.82) is 0 Å². The number of aryl methyl sites for hydroxylation is 1. The van der Waals surface area contributed by atoms with Gasteiger partial charge < -0.3 is 10.2 Å². The minimum absolute atomic E-state index is 0.0518. The van der Waals surface area contributed by atoms with Gasteiger partial charge in [0.05, 0.1) is 0 Å². The zero-order valence-corrected chi connectivity index (χ0v) is 12.8. The summed E-state index contributed by atoms with van der Waals surface area (Å²) in [5.74, 6) is 0.338. The Morgan fingerprint density at radius 3 is 2.67 bits per heavy atom. The average molecular weight is 290 g/mol. The molecule has 1 saturated heterocycles. The molecule has 1 aromatic rings. The predicted molar refractivity (Wildman–Crippen MR) is 77.4 cm³/mol. The second-order valence-electron chi connectivity index (χ2n) is 6.53. The molecule has 1 aliphatic heterocycles. The number of nitrogens with one attached hydrogen (secondary N) is 1. The highest BCUT2D eigenvalue weighted by Gasteiger charge is 2.50. The third-order valence-corrected chi connectivity index (χ3v) is 4.66. The SMILES string of the molecule is Cn1nccc1CCN1C(=O)C(C2CC2)NC(=O)C1(C)C. The van der Waals surface area contributed by atoms with Crippen molar-refractivity contribution in [2.45, 2.75) is 44.7 Å². The lowest BCUT2D eigenvalue weighted by molar-refractivity contribution is -0.155. The lowest BCUT2D eigenvalue weighted by atomic mass is 9.93. The lowest BCUT2D eigenvalue weighted by Gasteiger charge is -2.44. The summed E-state index contributed by atoms with van der Waals surface area (Å²) in [6.45, 7) is 4.17. The van der Waals surface area contributed by atoms with Gasteiger partial charge in [-0.05, 0) is 38.7 Å². The van der Waals surface area contributed by atoms with E-state index in [1.165, 1.54) is 0 Å². The molecule has 0 spiro atoms. The molecule has 114 valence electrons. The Hall–Kier alpha value is -1.85. The fraction of sp³-hybridized carbons (Fsp3) is 0.667. The normalized spacial score (nSPS) is 25.1. The summed E-state index contributed by atoms with van der Waals surface area (Å²) >= 11 is 0. The Balaban J connectivity index is 1.77. The number of piperazine rings is 1. The summed E-state index contributed by atoms with van der Waals surface area (Å²) in [5.41, 5.74) is 0.272. The highest BCUT2D eigenvalue weighted by molar-refractivity contribution is 5.99. The average Bonchev–Trinajstić information content (AvgIpc) is 3.18. The Morgan fingerprint density at radius 1 is 1.38 bits per heavy atom. The first-order chi connectivity index (χ1) is 9.91. The van der Waals surface area contributed by atoms with Gasteiger partial charge in [0.2, 0.25) is 11.8 Å². The first kappa shape index (κ1) is 14.1. The van der Waals surface area contributed by atoms with Crippen molar-refractivity contribution in [3.8, 4) is 0 Å². The second kappa shape index (κ2) is 4.86. The van der Waals surface area contributed by atoms with Crippen LogP contribution in [0.1, 0.15) is 32.4 Å². The van der Waals surface area contributed by atoms with Crippen LogP contribution in [0, 0.1) is 5.92 Å². The fourth-order valence-electron chi connectivity index (χ4n) is 2.96. The van der Waals surface area contributed by atoms with Crippen molar-refractivity contribution in [2.75, 3.05) is 6.54 Å². The van der Waals surface area contributed by atoms with E-state index in [0.717, 1.165) is 18.5 Å². The van der Waals surface area contributed by atoms with Crippen LogP contribution in [0.25, 0.3) is 0 Å². The van der Waals surface area contributed by atoms with Crippen molar-refractivity contribution >= 4 is 11.8 Å². The summed E-state index contributed by atoms with van der Waals surface area (Å²) in [6.07, 6.45) is 4.52. The van der Waals surface area contributed by atoms with Gasteiger partial charge in [-0.1, -0.05) is 0 Å². The van der Waals surface area contributed by atoms with E-state index in [2.05, 4.69) is 10.4 Å². The smallest absolute Gasteiger partial charge is 0.246 e. The number of carbonyl (C=O) groups is 2. The number of nitrogens with zero attached hydrogens (tertiary/aromatic N) is 3. The third kappa shape index (κ3) is 2.43. The zero-order valence-electron chi connectivity index (χ0n) is 12.8. The van der Waals surface area contributed by atoms with E-state index in [0.29, 0.717) is 18.9 Å². The molecule has 0 radical (unpaired) electrons. The summed E-state index contributed by atoms with van der Waals surface area (Å²) in [5, 5.41) is 7.04. The molecule has 6 heteroatoms. The van der Waals surface area contributed by atoms with Crippen molar-refractivity contribution < 1.29 is 9.59 Å². The van der Waals surface area contributed by atoms with Gasteiger partial charge in [-0.15, -0.1) is 0 Å². The van der Waals surface area contributed by atoms with Crippen LogP contribution in [-0.2, 0) is 23.1 Å². The van der Waals surface area contributed by atoms with Crippen molar-refractivity contribution in [2.24, 2.45) is 13.0 Å². The van der Waals surface area contributed by atoms with Crippen LogP contribution in [0.4, 0.5) is 0 Å². The molecule has 0 aromatic carbocycles. The van der Waals surface area contributed by atoms with E-state index >= 15 is 0 Å². The number of hydrogen-bond donors (Lipinski definition) is 1. The summed E-state index contributed by atoms with van der Waals surface area (Å²) in [6, 6.07) is 1.62. The molecule has 1 saturated carbocycles. The topological polar surface area (TPSA) is 67.2 Å². The lowest BCUT2D eigenvalue weighted by Crippen LogP contribution is -2.69. The third-order valence-electron chi connectivity index (χ3n) is 4.66. The van der Waals surface area contributed by atoms with E-state index in [9.17, 15) is 9.59 Å². The molecule has 0 bridgehead atoms. The van der Waals surface area contributed by atoms with Crippen molar-refractivity contribution in [3.63, 3.8) is 0 Å². The largest absolute Gasteiger partial charge is 0.342 e. The van der Waals surface area contributed by atoms with Gasteiger partial charge in [0.15, 0.2) is 0 Å². The van der Waals surface area contributed by atoms with Gasteiger partial charge in [-0.3, -0.25) is 14.3 Å². The van der Waals surface area contributed by atoms with Crippen LogP contribution in [0.2, 0.25) is 0 Å². The van der Waals surface area contributed by atoms with Gasteiger partial charge in [-0.25, -0.2) is 0 Å². The van der Waals surface area contributed by atoms with Gasteiger partial charge in [0.25, 0.3) is 0 Å². The Kier molecular flexibility index (Phi) is 3.26. The molecule has 1 aliphatic carbocycles. The van der Waals surface area contributed by atoms with E-state index in [1.54, 1.807) is 15.8 Å². The molecule has 21 heavy (non-hydrogen) atoms. The van der Waals surface area contributed by atoms with E-state index in [-0.39, 0.29) is 17.9 Å².